The van der Waals surface area contributed by atoms with E-state index in [0.29, 0.717) is 0 Å². The van der Waals surface area contributed by atoms with E-state index in [1.165, 1.54) is 12.1 Å². The van der Waals surface area contributed by atoms with Gasteiger partial charge in [0.15, 0.2) is 5.44 Å². The summed E-state index contributed by atoms with van der Waals surface area (Å²) in [6.45, 7) is 1.84. The molecule has 1 aliphatic rings. The van der Waals surface area contributed by atoms with Crippen molar-refractivity contribution >= 4 is 15.8 Å². The number of ether oxygens (including phenoxy) is 1. The van der Waals surface area contributed by atoms with Gasteiger partial charge < -0.3 is 9.84 Å². The highest BCUT2D eigenvalue weighted by atomic mass is 32.2. The van der Waals surface area contributed by atoms with Crippen LogP contribution in [0.5, 0.6) is 0 Å². The lowest BCUT2D eigenvalue weighted by molar-refractivity contribution is -0.143. The minimum absolute atomic E-state index is 0.0311. The summed E-state index contributed by atoms with van der Waals surface area (Å²) in [4.78, 5) is 11.0. The molecule has 0 aromatic heterocycles. The third kappa shape index (κ3) is 2.39. The topological polar surface area (TPSA) is 80.7 Å². The van der Waals surface area contributed by atoms with Crippen LogP contribution in [0.2, 0.25) is 0 Å². The number of carbonyl (C=O) groups is 1. The van der Waals surface area contributed by atoms with E-state index >= 15 is 0 Å². The number of carbonyl (C=O) groups excluding carboxylic acids is 1. The van der Waals surface area contributed by atoms with Gasteiger partial charge >= 0.3 is 5.97 Å². The Hall–Kier alpha value is -1.40. The van der Waals surface area contributed by atoms with E-state index in [4.69, 9.17) is 4.74 Å². The molecule has 1 saturated heterocycles. The number of hydrogen-bond donors (Lipinski definition) is 1. The van der Waals surface area contributed by atoms with Gasteiger partial charge in [-0.3, -0.25) is 4.79 Å². The van der Waals surface area contributed by atoms with Gasteiger partial charge in [0, 0.05) is 6.42 Å². The van der Waals surface area contributed by atoms with Crippen LogP contribution in [0, 0.1) is 6.92 Å². The van der Waals surface area contributed by atoms with Gasteiger partial charge in [0.1, 0.15) is 6.10 Å². The van der Waals surface area contributed by atoms with E-state index < -0.39 is 27.3 Å². The highest BCUT2D eigenvalue weighted by Gasteiger charge is 2.38. The second kappa shape index (κ2) is 4.70. The van der Waals surface area contributed by atoms with Gasteiger partial charge in [0.25, 0.3) is 0 Å². The van der Waals surface area contributed by atoms with Crippen LogP contribution in [0.1, 0.15) is 18.4 Å². The molecule has 2 rings (SSSR count). The third-order valence-electron chi connectivity index (χ3n) is 2.90. The molecular weight excluding hydrogens is 256 g/mol. The molecule has 1 N–H and O–H groups in total. The summed E-state index contributed by atoms with van der Waals surface area (Å²) >= 11 is 0. The quantitative estimate of drug-likeness (QED) is 0.821. The van der Waals surface area contributed by atoms with E-state index in [-0.39, 0.29) is 17.7 Å². The lowest BCUT2D eigenvalue weighted by Crippen LogP contribution is -2.33. The maximum Gasteiger partial charge on any atom is 0.306 e. The Bertz CT molecular complexity index is 546. The SMILES string of the molecule is Cc1ccc(S(=O)(=O)[C@@H](O)[C@H]2CCC(=O)O2)cc1. The summed E-state index contributed by atoms with van der Waals surface area (Å²) in [5, 5.41) is 9.85. The average molecular weight is 270 g/mol. The van der Waals surface area contributed by atoms with Gasteiger partial charge in [-0.2, -0.15) is 0 Å². The molecule has 0 aliphatic carbocycles. The van der Waals surface area contributed by atoms with Gasteiger partial charge in [-0.1, -0.05) is 17.7 Å². The molecule has 0 radical (unpaired) electrons. The Morgan fingerprint density at radius 3 is 2.44 bits per heavy atom. The third-order valence-corrected chi connectivity index (χ3v) is 4.77. The largest absolute Gasteiger partial charge is 0.458 e. The van der Waals surface area contributed by atoms with Gasteiger partial charge in [-0.15, -0.1) is 0 Å². The first-order chi connectivity index (χ1) is 8.41. The van der Waals surface area contributed by atoms with Crippen molar-refractivity contribution in [1.82, 2.24) is 0 Å². The van der Waals surface area contributed by atoms with E-state index in [2.05, 4.69) is 0 Å². The molecule has 0 bridgehead atoms. The van der Waals surface area contributed by atoms with Crippen LogP contribution in [0.3, 0.4) is 0 Å². The molecule has 1 heterocycles. The summed E-state index contributed by atoms with van der Waals surface area (Å²) in [6.07, 6.45) is -0.597. The summed E-state index contributed by atoms with van der Waals surface area (Å²) in [5.74, 6) is -0.474. The number of benzene rings is 1. The summed E-state index contributed by atoms with van der Waals surface area (Å²) in [5.41, 5.74) is -0.776. The van der Waals surface area contributed by atoms with Crippen LogP contribution in [0.25, 0.3) is 0 Å². The molecule has 1 aromatic carbocycles. The van der Waals surface area contributed by atoms with Crippen molar-refractivity contribution in [3.63, 3.8) is 0 Å². The molecule has 0 spiro atoms. The van der Waals surface area contributed by atoms with Crippen molar-refractivity contribution in [3.8, 4) is 0 Å². The van der Waals surface area contributed by atoms with Crippen LogP contribution in [0.15, 0.2) is 29.2 Å². The maximum atomic E-state index is 12.1. The normalized spacial score (nSPS) is 21.7. The second-order valence-corrected chi connectivity index (χ2v) is 6.36. The molecule has 18 heavy (non-hydrogen) atoms. The molecule has 6 heteroatoms. The molecule has 1 aliphatic heterocycles. The smallest absolute Gasteiger partial charge is 0.306 e. The number of aliphatic hydroxyl groups excluding tert-OH is 1. The Kier molecular flexibility index (Phi) is 3.41. The number of sulfone groups is 1. The standard InChI is InChI=1S/C12H14O5S/c1-8-2-4-9(5-3-8)18(15,16)12(14)10-6-7-11(13)17-10/h2-5,10,12,14H,6-7H2,1H3/t10-,12-/m1/s1. The first-order valence-electron chi connectivity index (χ1n) is 5.59. The highest BCUT2D eigenvalue weighted by molar-refractivity contribution is 7.92. The lowest BCUT2D eigenvalue weighted by Gasteiger charge is -2.17. The van der Waals surface area contributed by atoms with Crippen molar-refractivity contribution in [2.24, 2.45) is 0 Å². The number of aliphatic hydroxyl groups is 1. The Balaban J connectivity index is 2.25. The van der Waals surface area contributed by atoms with Crippen molar-refractivity contribution in [1.29, 1.82) is 0 Å². The number of cyclic esters (lactones) is 1. The molecule has 1 fully saturated rings. The zero-order valence-corrected chi connectivity index (χ0v) is 10.7. The highest BCUT2D eigenvalue weighted by Crippen LogP contribution is 2.24. The van der Waals surface area contributed by atoms with Crippen LogP contribution in [0.4, 0.5) is 0 Å². The molecule has 0 saturated carbocycles. The monoisotopic (exact) mass is 270 g/mol. The Labute approximate surface area is 105 Å². The van der Waals surface area contributed by atoms with Gasteiger partial charge in [-0.05, 0) is 25.5 Å². The minimum atomic E-state index is -3.88. The minimum Gasteiger partial charge on any atom is -0.458 e. The fourth-order valence-electron chi connectivity index (χ4n) is 1.81. The first kappa shape index (κ1) is 13.0. The second-order valence-electron chi connectivity index (χ2n) is 4.32. The summed E-state index contributed by atoms with van der Waals surface area (Å²) in [6, 6.07) is 6.18. The number of aryl methyl sites for hydroxylation is 1. The van der Waals surface area contributed by atoms with Gasteiger partial charge in [0.05, 0.1) is 4.90 Å². The Morgan fingerprint density at radius 2 is 1.94 bits per heavy atom. The summed E-state index contributed by atoms with van der Waals surface area (Å²) in [7, 11) is -3.88. The molecule has 0 amide bonds. The predicted molar refractivity (Wildman–Crippen MR) is 63.5 cm³/mol. The molecule has 5 nitrogen and oxygen atoms in total. The van der Waals surface area contributed by atoms with Crippen molar-refractivity contribution in [3.05, 3.63) is 29.8 Å². The fraction of sp³-hybridized carbons (Fsp3) is 0.417. The van der Waals surface area contributed by atoms with Crippen molar-refractivity contribution in [2.45, 2.75) is 36.2 Å². The average Bonchev–Trinajstić information content (AvgIpc) is 2.75. The predicted octanol–water partition coefficient (Wildman–Crippen LogP) is 0.793. The summed E-state index contributed by atoms with van der Waals surface area (Å²) < 4.78 is 29.0. The van der Waals surface area contributed by atoms with E-state index in [0.717, 1.165) is 5.56 Å². The van der Waals surface area contributed by atoms with Crippen molar-refractivity contribution in [2.75, 3.05) is 0 Å². The van der Waals surface area contributed by atoms with Crippen LogP contribution in [-0.2, 0) is 19.4 Å². The maximum absolute atomic E-state index is 12.1. The molecule has 1 aromatic rings. The van der Waals surface area contributed by atoms with Gasteiger partial charge in [0.2, 0.25) is 9.84 Å². The van der Waals surface area contributed by atoms with Crippen LogP contribution in [-0.4, -0.2) is 31.0 Å². The zero-order valence-electron chi connectivity index (χ0n) is 9.87. The number of hydrogen-bond acceptors (Lipinski definition) is 5. The van der Waals surface area contributed by atoms with Gasteiger partial charge in [-0.25, -0.2) is 8.42 Å². The molecule has 2 atom stereocenters. The molecule has 98 valence electrons. The van der Waals surface area contributed by atoms with Crippen molar-refractivity contribution < 1.29 is 23.1 Å². The van der Waals surface area contributed by atoms with E-state index in [9.17, 15) is 18.3 Å². The van der Waals surface area contributed by atoms with Crippen LogP contribution < -0.4 is 0 Å². The van der Waals surface area contributed by atoms with E-state index in [1.54, 1.807) is 12.1 Å². The lowest BCUT2D eigenvalue weighted by atomic mass is 10.2. The number of rotatable bonds is 3. The fourth-order valence-corrected chi connectivity index (χ4v) is 3.20. The zero-order chi connectivity index (χ0) is 13.3. The van der Waals surface area contributed by atoms with Crippen LogP contribution >= 0.6 is 0 Å². The van der Waals surface area contributed by atoms with E-state index in [1.807, 2.05) is 6.92 Å². The Morgan fingerprint density at radius 1 is 1.33 bits per heavy atom. The first-order valence-corrected chi connectivity index (χ1v) is 7.14. The molecular formula is C12H14O5S. The number of esters is 1. The molecule has 0 unspecified atom stereocenters.